The van der Waals surface area contributed by atoms with Crippen LogP contribution in [-0.4, -0.2) is 17.0 Å². The van der Waals surface area contributed by atoms with E-state index >= 15 is 0 Å². The van der Waals surface area contributed by atoms with Crippen molar-refractivity contribution in [3.05, 3.63) is 0 Å². The highest BCUT2D eigenvalue weighted by atomic mass is 16.3. The quantitative estimate of drug-likeness (QED) is 0.654. The van der Waals surface area contributed by atoms with Gasteiger partial charge in [-0.3, -0.25) is 4.79 Å². The number of rotatable bonds is 8. The molecule has 0 unspecified atom stereocenters. The summed E-state index contributed by atoms with van der Waals surface area (Å²) in [6.45, 7) is 6.11. The molecule has 0 saturated carbocycles. The van der Waals surface area contributed by atoms with E-state index < -0.39 is 6.10 Å². The SMILES string of the molecule is CCCC[C@@H](C)C(=O)[C@@H](O)CCCC. The third kappa shape index (κ3) is 5.38. The molecule has 0 fully saturated rings. The van der Waals surface area contributed by atoms with Crippen LogP contribution < -0.4 is 0 Å². The number of aliphatic hydroxyl groups is 1. The van der Waals surface area contributed by atoms with Crippen LogP contribution in [0, 0.1) is 5.92 Å². The van der Waals surface area contributed by atoms with Crippen molar-refractivity contribution < 1.29 is 9.90 Å². The summed E-state index contributed by atoms with van der Waals surface area (Å²) < 4.78 is 0. The molecule has 1 N–H and O–H groups in total. The van der Waals surface area contributed by atoms with Crippen LogP contribution in [0.2, 0.25) is 0 Å². The summed E-state index contributed by atoms with van der Waals surface area (Å²) in [6.07, 6.45) is 4.99. The maximum Gasteiger partial charge on any atom is 0.164 e. The van der Waals surface area contributed by atoms with Crippen LogP contribution in [0.4, 0.5) is 0 Å². The molecule has 0 aromatic rings. The molecule has 0 aliphatic carbocycles. The van der Waals surface area contributed by atoms with Gasteiger partial charge < -0.3 is 5.11 Å². The zero-order valence-corrected chi connectivity index (χ0v) is 9.75. The lowest BCUT2D eigenvalue weighted by molar-refractivity contribution is -0.131. The third-order valence-corrected chi connectivity index (χ3v) is 2.64. The Morgan fingerprint density at radius 1 is 1.14 bits per heavy atom. The number of carbonyl (C=O) groups excluding carboxylic acids is 1. The first-order valence-corrected chi connectivity index (χ1v) is 5.85. The second-order valence-corrected chi connectivity index (χ2v) is 4.10. The Labute approximate surface area is 87.7 Å². The van der Waals surface area contributed by atoms with E-state index in [4.69, 9.17) is 0 Å². The number of aliphatic hydroxyl groups excluding tert-OH is 1. The molecule has 0 bridgehead atoms. The van der Waals surface area contributed by atoms with Crippen molar-refractivity contribution >= 4 is 5.78 Å². The molecule has 0 heterocycles. The van der Waals surface area contributed by atoms with Crippen LogP contribution in [0.3, 0.4) is 0 Å². The Hall–Kier alpha value is -0.370. The number of hydrogen-bond acceptors (Lipinski definition) is 2. The van der Waals surface area contributed by atoms with Crippen molar-refractivity contribution in [3.63, 3.8) is 0 Å². The number of Topliss-reactive ketones (excluding diaryl/α,β-unsaturated/α-hetero) is 1. The van der Waals surface area contributed by atoms with Gasteiger partial charge in [-0.2, -0.15) is 0 Å². The minimum Gasteiger partial charge on any atom is -0.385 e. The van der Waals surface area contributed by atoms with Gasteiger partial charge in [-0.1, -0.05) is 46.5 Å². The average Bonchev–Trinajstić information content (AvgIpc) is 2.21. The van der Waals surface area contributed by atoms with Gasteiger partial charge in [0, 0.05) is 5.92 Å². The number of unbranched alkanes of at least 4 members (excludes halogenated alkanes) is 2. The minimum absolute atomic E-state index is 0.0295. The molecule has 0 saturated heterocycles. The maximum absolute atomic E-state index is 11.6. The van der Waals surface area contributed by atoms with Crippen LogP contribution in [0.1, 0.15) is 59.3 Å². The highest BCUT2D eigenvalue weighted by molar-refractivity contribution is 5.84. The van der Waals surface area contributed by atoms with E-state index in [-0.39, 0.29) is 11.7 Å². The van der Waals surface area contributed by atoms with E-state index in [2.05, 4.69) is 13.8 Å². The van der Waals surface area contributed by atoms with Crippen LogP contribution >= 0.6 is 0 Å². The fraction of sp³-hybridized carbons (Fsp3) is 0.917. The fourth-order valence-corrected chi connectivity index (χ4v) is 1.52. The van der Waals surface area contributed by atoms with E-state index in [0.717, 1.165) is 32.1 Å². The summed E-state index contributed by atoms with van der Waals surface area (Å²) in [5.74, 6) is 0.0636. The summed E-state index contributed by atoms with van der Waals surface area (Å²) in [5.41, 5.74) is 0. The minimum atomic E-state index is -0.721. The summed E-state index contributed by atoms with van der Waals surface area (Å²) in [4.78, 5) is 11.6. The molecular formula is C12H24O2. The third-order valence-electron chi connectivity index (χ3n) is 2.64. The molecule has 0 rings (SSSR count). The molecule has 2 atom stereocenters. The topological polar surface area (TPSA) is 37.3 Å². The zero-order valence-electron chi connectivity index (χ0n) is 9.75. The smallest absolute Gasteiger partial charge is 0.164 e. The molecule has 0 aromatic heterocycles. The van der Waals surface area contributed by atoms with E-state index in [1.807, 2.05) is 6.92 Å². The first-order chi connectivity index (χ1) is 6.63. The van der Waals surface area contributed by atoms with Gasteiger partial charge in [0.25, 0.3) is 0 Å². The maximum atomic E-state index is 11.6. The molecule has 2 heteroatoms. The zero-order chi connectivity index (χ0) is 11.0. The first-order valence-electron chi connectivity index (χ1n) is 5.85. The Balaban J connectivity index is 3.78. The highest BCUT2D eigenvalue weighted by Crippen LogP contribution is 2.13. The molecular weight excluding hydrogens is 176 g/mol. The molecule has 0 aliphatic heterocycles. The number of hydrogen-bond donors (Lipinski definition) is 1. The number of ketones is 1. The van der Waals surface area contributed by atoms with E-state index in [1.54, 1.807) is 0 Å². The second kappa shape index (κ2) is 7.98. The van der Waals surface area contributed by atoms with Crippen LogP contribution in [-0.2, 0) is 4.79 Å². The highest BCUT2D eigenvalue weighted by Gasteiger charge is 2.20. The Bertz CT molecular complexity index is 138. The molecule has 84 valence electrons. The predicted octanol–water partition coefficient (Wildman–Crippen LogP) is 2.93. The largest absolute Gasteiger partial charge is 0.385 e. The van der Waals surface area contributed by atoms with E-state index in [1.165, 1.54) is 0 Å². The van der Waals surface area contributed by atoms with Crippen molar-refractivity contribution in [2.75, 3.05) is 0 Å². The van der Waals surface area contributed by atoms with Gasteiger partial charge in [0.2, 0.25) is 0 Å². The van der Waals surface area contributed by atoms with Crippen LogP contribution in [0.25, 0.3) is 0 Å². The summed E-state index contributed by atoms with van der Waals surface area (Å²) in [5, 5.41) is 9.57. The van der Waals surface area contributed by atoms with Gasteiger partial charge in [-0.15, -0.1) is 0 Å². The Kier molecular flexibility index (Phi) is 7.77. The Morgan fingerprint density at radius 3 is 2.14 bits per heavy atom. The van der Waals surface area contributed by atoms with Crippen LogP contribution in [0.15, 0.2) is 0 Å². The summed E-state index contributed by atoms with van der Waals surface area (Å²) >= 11 is 0. The molecule has 2 nitrogen and oxygen atoms in total. The fourth-order valence-electron chi connectivity index (χ4n) is 1.52. The second-order valence-electron chi connectivity index (χ2n) is 4.10. The first kappa shape index (κ1) is 13.6. The lowest BCUT2D eigenvalue weighted by atomic mass is 9.94. The van der Waals surface area contributed by atoms with E-state index in [9.17, 15) is 9.90 Å². The van der Waals surface area contributed by atoms with Crippen molar-refractivity contribution in [2.45, 2.75) is 65.4 Å². The molecule has 0 aliphatic rings. The summed E-state index contributed by atoms with van der Waals surface area (Å²) in [6, 6.07) is 0. The van der Waals surface area contributed by atoms with Crippen molar-refractivity contribution in [2.24, 2.45) is 5.92 Å². The molecule has 0 radical (unpaired) electrons. The van der Waals surface area contributed by atoms with Crippen molar-refractivity contribution in [1.82, 2.24) is 0 Å². The van der Waals surface area contributed by atoms with Crippen LogP contribution in [0.5, 0.6) is 0 Å². The monoisotopic (exact) mass is 200 g/mol. The Morgan fingerprint density at radius 2 is 1.64 bits per heavy atom. The lowest BCUT2D eigenvalue weighted by Gasteiger charge is -2.14. The van der Waals surface area contributed by atoms with Crippen molar-refractivity contribution in [1.29, 1.82) is 0 Å². The molecule has 0 spiro atoms. The standard InChI is InChI=1S/C12H24O2/c1-4-6-8-10(3)12(14)11(13)9-7-5-2/h10-11,13H,4-9H2,1-3H3/t10-,11+/m1/s1. The number of carbonyl (C=O) groups is 1. The van der Waals surface area contributed by atoms with Crippen molar-refractivity contribution in [3.8, 4) is 0 Å². The van der Waals surface area contributed by atoms with Gasteiger partial charge in [-0.05, 0) is 12.8 Å². The predicted molar refractivity (Wildman–Crippen MR) is 59.2 cm³/mol. The van der Waals surface area contributed by atoms with Gasteiger partial charge in [0.1, 0.15) is 6.10 Å². The van der Waals surface area contributed by atoms with Gasteiger partial charge in [0.15, 0.2) is 5.78 Å². The van der Waals surface area contributed by atoms with Gasteiger partial charge in [0.05, 0.1) is 0 Å². The van der Waals surface area contributed by atoms with E-state index in [0.29, 0.717) is 6.42 Å². The normalized spacial score (nSPS) is 15.1. The lowest BCUT2D eigenvalue weighted by Crippen LogP contribution is -2.26. The molecule has 14 heavy (non-hydrogen) atoms. The molecule has 0 aromatic carbocycles. The summed E-state index contributed by atoms with van der Waals surface area (Å²) in [7, 11) is 0. The molecule has 0 amide bonds. The van der Waals surface area contributed by atoms with Gasteiger partial charge in [-0.25, -0.2) is 0 Å². The average molecular weight is 200 g/mol. The van der Waals surface area contributed by atoms with Gasteiger partial charge >= 0.3 is 0 Å².